The Morgan fingerprint density at radius 3 is 1.05 bits per heavy atom. The van der Waals surface area contributed by atoms with E-state index < -0.39 is 0 Å². The lowest BCUT2D eigenvalue weighted by Crippen LogP contribution is -2.31. The molecule has 0 aromatic heterocycles. The molecule has 0 unspecified atom stereocenters. The van der Waals surface area contributed by atoms with Gasteiger partial charge in [0.05, 0.1) is 79.3 Å². The molecular weight excluding hydrogens is 556 g/mol. The minimum absolute atomic E-state index is 0.559. The molecule has 0 N–H and O–H groups in total. The van der Waals surface area contributed by atoms with E-state index in [4.69, 9.17) is 42.6 Å². The second-order valence-corrected chi connectivity index (χ2v) is 9.49. The summed E-state index contributed by atoms with van der Waals surface area (Å²) in [7, 11) is 6.68. The van der Waals surface area contributed by atoms with Gasteiger partial charge in [0.25, 0.3) is 0 Å². The fourth-order valence-corrected chi connectivity index (χ4v) is 4.04. The van der Waals surface area contributed by atoms with Crippen molar-refractivity contribution in [3.05, 3.63) is 48.5 Å². The third-order valence-corrected chi connectivity index (χ3v) is 6.35. The van der Waals surface area contributed by atoms with Crippen LogP contribution >= 0.6 is 0 Å². The van der Waals surface area contributed by atoms with E-state index >= 15 is 0 Å². The van der Waals surface area contributed by atoms with Crippen LogP contribution < -0.4 is 14.5 Å². The van der Waals surface area contributed by atoms with Gasteiger partial charge in [-0.15, -0.1) is 0 Å². The molecule has 0 heterocycles. The van der Waals surface area contributed by atoms with Crippen molar-refractivity contribution in [1.82, 2.24) is 0 Å². The van der Waals surface area contributed by atoms with Crippen LogP contribution in [0.3, 0.4) is 0 Å². The molecule has 43 heavy (non-hydrogen) atoms. The average molecular weight is 609 g/mol. The zero-order chi connectivity index (χ0) is 30.8. The zero-order valence-electron chi connectivity index (χ0n) is 26.5. The Morgan fingerprint density at radius 1 is 0.419 bits per heavy atom. The lowest BCUT2D eigenvalue weighted by Gasteiger charge is -2.26. The highest BCUT2D eigenvalue weighted by atomic mass is 16.5. The van der Waals surface area contributed by atoms with E-state index in [0.717, 1.165) is 22.9 Å². The molecule has 2 aromatic carbocycles. The molecule has 0 radical (unpaired) electrons. The predicted molar refractivity (Wildman–Crippen MR) is 168 cm³/mol. The standard InChI is InChI=1S/C32H52N2O9/c1-35-19-23-39-15-11-33(12-16-40-24-20-36-2)29-7-5-9-31(27-29)43-32-10-6-8-30(28-32)34(13-17-41-25-21-37-3)14-18-42-26-22-38-4/h5-10,27-28H,11-26H2,1-4H3. The van der Waals surface area contributed by atoms with Crippen LogP contribution in [0.2, 0.25) is 0 Å². The molecule has 0 atom stereocenters. The first-order chi connectivity index (χ1) is 21.2. The van der Waals surface area contributed by atoms with Gasteiger partial charge in [0.2, 0.25) is 0 Å². The number of hydrogen-bond acceptors (Lipinski definition) is 11. The predicted octanol–water partition coefficient (Wildman–Crippen LogP) is 3.74. The first kappa shape index (κ1) is 36.7. The van der Waals surface area contributed by atoms with E-state index in [0.29, 0.717) is 105 Å². The molecule has 2 rings (SSSR count). The third kappa shape index (κ3) is 16.8. The van der Waals surface area contributed by atoms with Crippen molar-refractivity contribution in [1.29, 1.82) is 0 Å². The minimum atomic E-state index is 0.559. The molecule has 0 saturated carbocycles. The molecule has 0 bridgehead atoms. The Balaban J connectivity index is 2.07. The third-order valence-electron chi connectivity index (χ3n) is 6.35. The Labute approximate surface area is 257 Å². The van der Waals surface area contributed by atoms with Gasteiger partial charge in [0.1, 0.15) is 11.5 Å². The monoisotopic (exact) mass is 608 g/mol. The SMILES string of the molecule is COCCOCCN(CCOCCOC)c1cccc(Oc2cccc(N(CCOCCOC)CCOCCOC)c2)c1. The van der Waals surface area contributed by atoms with Crippen LogP contribution in [0.5, 0.6) is 11.5 Å². The van der Waals surface area contributed by atoms with E-state index in [9.17, 15) is 0 Å². The summed E-state index contributed by atoms with van der Waals surface area (Å²) in [5.74, 6) is 1.50. The summed E-state index contributed by atoms with van der Waals surface area (Å²) in [4.78, 5) is 4.47. The molecule has 244 valence electrons. The molecular formula is C32H52N2O9. The second-order valence-electron chi connectivity index (χ2n) is 9.49. The van der Waals surface area contributed by atoms with Gasteiger partial charge in [-0.05, 0) is 24.3 Å². The van der Waals surface area contributed by atoms with Gasteiger partial charge >= 0.3 is 0 Å². The molecule has 0 saturated heterocycles. The van der Waals surface area contributed by atoms with Crippen LogP contribution in [0.1, 0.15) is 0 Å². The number of benzene rings is 2. The summed E-state index contributed by atoms with van der Waals surface area (Å²) in [5, 5.41) is 0. The van der Waals surface area contributed by atoms with Gasteiger partial charge in [0, 0.05) is 78.1 Å². The van der Waals surface area contributed by atoms with Crippen LogP contribution in [0.15, 0.2) is 48.5 Å². The lowest BCUT2D eigenvalue weighted by atomic mass is 10.2. The molecule has 0 aliphatic carbocycles. The highest BCUT2D eigenvalue weighted by Crippen LogP contribution is 2.29. The van der Waals surface area contributed by atoms with Gasteiger partial charge in [-0.25, -0.2) is 0 Å². The summed E-state index contributed by atoms with van der Waals surface area (Å²) < 4.78 is 49.6. The maximum atomic E-state index is 6.35. The number of ether oxygens (including phenoxy) is 9. The maximum Gasteiger partial charge on any atom is 0.129 e. The molecule has 11 nitrogen and oxygen atoms in total. The first-order valence-electron chi connectivity index (χ1n) is 14.9. The van der Waals surface area contributed by atoms with Gasteiger partial charge in [0.15, 0.2) is 0 Å². The number of methoxy groups -OCH3 is 4. The lowest BCUT2D eigenvalue weighted by molar-refractivity contribution is 0.0677. The van der Waals surface area contributed by atoms with Crippen molar-refractivity contribution in [3.8, 4) is 11.5 Å². The summed E-state index contributed by atoms with van der Waals surface area (Å²) >= 11 is 0. The van der Waals surface area contributed by atoms with Crippen molar-refractivity contribution in [3.63, 3.8) is 0 Å². The van der Waals surface area contributed by atoms with Crippen molar-refractivity contribution in [2.75, 3.05) is 144 Å². The first-order valence-corrected chi connectivity index (χ1v) is 14.9. The average Bonchev–Trinajstić information content (AvgIpc) is 3.02. The van der Waals surface area contributed by atoms with Crippen molar-refractivity contribution in [2.24, 2.45) is 0 Å². The fourth-order valence-electron chi connectivity index (χ4n) is 4.04. The number of hydrogen-bond donors (Lipinski definition) is 0. The van der Waals surface area contributed by atoms with Gasteiger partial charge < -0.3 is 52.4 Å². The molecule has 2 aromatic rings. The second kappa shape index (κ2) is 24.9. The smallest absolute Gasteiger partial charge is 0.129 e. The Morgan fingerprint density at radius 2 is 0.744 bits per heavy atom. The van der Waals surface area contributed by atoms with Crippen molar-refractivity contribution in [2.45, 2.75) is 0 Å². The molecule has 0 aliphatic heterocycles. The Hall–Kier alpha value is -2.48. The Bertz CT molecular complexity index is 836. The van der Waals surface area contributed by atoms with E-state index in [1.807, 2.05) is 36.4 Å². The number of anilines is 2. The largest absolute Gasteiger partial charge is 0.457 e. The minimum Gasteiger partial charge on any atom is -0.457 e. The summed E-state index contributed by atoms with van der Waals surface area (Å²) in [6, 6.07) is 16.2. The molecule has 0 aliphatic rings. The molecule has 11 heteroatoms. The van der Waals surface area contributed by atoms with Gasteiger partial charge in [-0.2, -0.15) is 0 Å². The van der Waals surface area contributed by atoms with E-state index in [2.05, 4.69) is 21.9 Å². The maximum absolute atomic E-state index is 6.35. The summed E-state index contributed by atoms with van der Waals surface area (Å²) in [6.07, 6.45) is 0. The normalized spacial score (nSPS) is 11.2. The van der Waals surface area contributed by atoms with Gasteiger partial charge in [-0.3, -0.25) is 0 Å². The fraction of sp³-hybridized carbons (Fsp3) is 0.625. The Kier molecular flexibility index (Phi) is 21.3. The van der Waals surface area contributed by atoms with Crippen LogP contribution in [0.25, 0.3) is 0 Å². The number of rotatable bonds is 28. The molecule has 0 amide bonds. The highest BCUT2D eigenvalue weighted by molar-refractivity contribution is 5.54. The van der Waals surface area contributed by atoms with Crippen LogP contribution in [0.4, 0.5) is 11.4 Å². The summed E-state index contributed by atoms with van der Waals surface area (Å²) in [5.41, 5.74) is 2.06. The molecule has 0 fully saturated rings. The number of nitrogens with zero attached hydrogens (tertiary/aromatic N) is 2. The summed E-state index contributed by atoms with van der Waals surface area (Å²) in [6.45, 7) is 9.68. The van der Waals surface area contributed by atoms with Gasteiger partial charge in [-0.1, -0.05) is 12.1 Å². The van der Waals surface area contributed by atoms with E-state index in [-0.39, 0.29) is 0 Å². The van der Waals surface area contributed by atoms with E-state index in [1.54, 1.807) is 28.4 Å². The van der Waals surface area contributed by atoms with Crippen LogP contribution in [-0.4, -0.2) is 134 Å². The van der Waals surface area contributed by atoms with Crippen molar-refractivity contribution < 1.29 is 42.6 Å². The van der Waals surface area contributed by atoms with Crippen LogP contribution in [0, 0.1) is 0 Å². The van der Waals surface area contributed by atoms with Crippen LogP contribution in [-0.2, 0) is 37.9 Å². The molecule has 0 spiro atoms. The quantitative estimate of drug-likeness (QED) is 0.132. The zero-order valence-corrected chi connectivity index (χ0v) is 26.5. The van der Waals surface area contributed by atoms with E-state index in [1.165, 1.54) is 0 Å². The van der Waals surface area contributed by atoms with Crippen molar-refractivity contribution >= 4 is 11.4 Å². The topological polar surface area (TPSA) is 89.6 Å². The highest BCUT2D eigenvalue weighted by Gasteiger charge is 2.11.